The molecule has 8 nitrogen and oxygen atoms in total. The number of sulfone groups is 1. The van der Waals surface area contributed by atoms with Crippen molar-refractivity contribution in [2.24, 2.45) is 0 Å². The van der Waals surface area contributed by atoms with Crippen molar-refractivity contribution in [1.29, 1.82) is 0 Å². The number of hydrogen-bond acceptors (Lipinski definition) is 6. The van der Waals surface area contributed by atoms with Crippen molar-refractivity contribution < 1.29 is 27.1 Å². The highest BCUT2D eigenvalue weighted by Gasteiger charge is 2.25. The first-order chi connectivity index (χ1) is 12.2. The van der Waals surface area contributed by atoms with Gasteiger partial charge in [-0.05, 0) is 19.1 Å². The number of halogens is 1. The first-order valence-electron chi connectivity index (χ1n) is 8.16. The molecule has 0 spiro atoms. The Bertz CT molecular complexity index is 776. The summed E-state index contributed by atoms with van der Waals surface area (Å²) in [6.45, 7) is 3.26. The number of rotatable bonds is 5. The van der Waals surface area contributed by atoms with Crippen molar-refractivity contribution >= 4 is 27.5 Å². The molecule has 1 saturated heterocycles. The second-order valence-electron chi connectivity index (χ2n) is 5.81. The van der Waals surface area contributed by atoms with Crippen molar-refractivity contribution in [3.63, 3.8) is 0 Å². The average molecular weight is 387 g/mol. The molecule has 1 N–H and O–H groups in total. The molecule has 1 aliphatic rings. The lowest BCUT2D eigenvalue weighted by Crippen LogP contribution is -2.51. The molecule has 0 saturated carbocycles. The van der Waals surface area contributed by atoms with Crippen LogP contribution in [0.1, 0.15) is 6.92 Å². The molecule has 26 heavy (non-hydrogen) atoms. The third kappa shape index (κ3) is 4.84. The quantitative estimate of drug-likeness (QED) is 0.808. The fourth-order valence-corrected chi connectivity index (χ4v) is 3.62. The molecule has 1 aliphatic heterocycles. The Kier molecular flexibility index (Phi) is 6.41. The van der Waals surface area contributed by atoms with E-state index >= 15 is 0 Å². The number of amides is 2. The van der Waals surface area contributed by atoms with Gasteiger partial charge in [-0.1, -0.05) is 6.07 Å². The molecule has 0 bridgehead atoms. The van der Waals surface area contributed by atoms with Crippen molar-refractivity contribution in [2.45, 2.75) is 11.8 Å². The van der Waals surface area contributed by atoms with Crippen LogP contribution < -0.4 is 5.32 Å². The molecule has 1 fully saturated rings. The number of anilines is 1. The highest BCUT2D eigenvalue weighted by Crippen LogP contribution is 2.24. The van der Waals surface area contributed by atoms with Gasteiger partial charge < -0.3 is 19.9 Å². The van der Waals surface area contributed by atoms with E-state index in [-0.39, 0.29) is 24.7 Å². The normalized spacial score (nSPS) is 14.9. The Morgan fingerprint density at radius 3 is 2.38 bits per heavy atom. The summed E-state index contributed by atoms with van der Waals surface area (Å²) in [6, 6.07) is 3.83. The van der Waals surface area contributed by atoms with Crippen molar-refractivity contribution in [3.05, 3.63) is 24.0 Å². The van der Waals surface area contributed by atoms with E-state index in [0.29, 0.717) is 26.2 Å². The topological polar surface area (TPSA) is 96.0 Å². The van der Waals surface area contributed by atoms with Gasteiger partial charge in [0.15, 0.2) is 9.84 Å². The number of hydrogen-bond donors (Lipinski definition) is 1. The SMILES string of the molecule is CCOC(=O)N1CCN(C(=O)CNc2cccc(F)c2S(C)(=O)=O)CC1. The van der Waals surface area contributed by atoms with E-state index < -0.39 is 26.6 Å². The van der Waals surface area contributed by atoms with Crippen LogP contribution in [0.25, 0.3) is 0 Å². The van der Waals surface area contributed by atoms with E-state index in [9.17, 15) is 22.4 Å². The summed E-state index contributed by atoms with van der Waals surface area (Å²) in [5.74, 6) is -1.13. The van der Waals surface area contributed by atoms with E-state index in [1.165, 1.54) is 17.0 Å². The Labute approximate surface area is 151 Å². The van der Waals surface area contributed by atoms with Crippen molar-refractivity contribution in [3.8, 4) is 0 Å². The van der Waals surface area contributed by atoms with Crippen molar-refractivity contribution in [2.75, 3.05) is 50.9 Å². The standard InChI is InChI=1S/C16H22FN3O5S/c1-3-25-16(22)20-9-7-19(8-10-20)14(21)11-18-13-6-4-5-12(17)15(13)26(2,23)24/h4-6,18H,3,7-11H2,1-2H3. The molecular weight excluding hydrogens is 365 g/mol. The number of piperazine rings is 1. The van der Waals surface area contributed by atoms with Crippen LogP contribution in [0, 0.1) is 5.82 Å². The lowest BCUT2D eigenvalue weighted by Gasteiger charge is -2.34. The zero-order valence-electron chi connectivity index (χ0n) is 14.7. The molecule has 1 aromatic carbocycles. The lowest BCUT2D eigenvalue weighted by molar-refractivity contribution is -0.130. The summed E-state index contributed by atoms with van der Waals surface area (Å²) in [6.07, 6.45) is 0.503. The fraction of sp³-hybridized carbons (Fsp3) is 0.500. The zero-order valence-corrected chi connectivity index (χ0v) is 15.5. The smallest absolute Gasteiger partial charge is 0.409 e. The van der Waals surface area contributed by atoms with Gasteiger partial charge in [0.2, 0.25) is 5.91 Å². The zero-order chi connectivity index (χ0) is 19.3. The summed E-state index contributed by atoms with van der Waals surface area (Å²) in [5, 5.41) is 2.70. The number of carbonyl (C=O) groups is 2. The first kappa shape index (κ1) is 20.0. The second kappa shape index (κ2) is 8.35. The van der Waals surface area contributed by atoms with E-state index in [2.05, 4.69) is 5.32 Å². The maximum atomic E-state index is 13.8. The third-order valence-electron chi connectivity index (χ3n) is 3.93. The minimum atomic E-state index is -3.78. The second-order valence-corrected chi connectivity index (χ2v) is 7.76. The van der Waals surface area contributed by atoms with E-state index in [0.717, 1.165) is 12.3 Å². The van der Waals surface area contributed by atoms with E-state index in [4.69, 9.17) is 4.74 Å². The Morgan fingerprint density at radius 2 is 1.81 bits per heavy atom. The Balaban J connectivity index is 1.95. The number of ether oxygens (including phenoxy) is 1. The van der Waals surface area contributed by atoms with Crippen LogP contribution in [0.4, 0.5) is 14.9 Å². The van der Waals surface area contributed by atoms with Gasteiger partial charge in [0.1, 0.15) is 10.7 Å². The maximum absolute atomic E-state index is 13.8. The Morgan fingerprint density at radius 1 is 1.19 bits per heavy atom. The molecule has 2 amide bonds. The first-order valence-corrected chi connectivity index (χ1v) is 10.0. The summed E-state index contributed by atoms with van der Waals surface area (Å²) < 4.78 is 42.3. The predicted molar refractivity (Wildman–Crippen MR) is 93.2 cm³/mol. The molecule has 0 radical (unpaired) electrons. The minimum Gasteiger partial charge on any atom is -0.450 e. The van der Waals surface area contributed by atoms with Gasteiger partial charge in [-0.15, -0.1) is 0 Å². The van der Waals surface area contributed by atoms with Gasteiger partial charge >= 0.3 is 6.09 Å². The summed E-state index contributed by atoms with van der Waals surface area (Å²) in [5.41, 5.74) is 0.0472. The van der Waals surface area contributed by atoms with Crippen LogP contribution in [-0.4, -0.2) is 75.8 Å². The number of nitrogens with zero attached hydrogens (tertiary/aromatic N) is 2. The van der Waals surface area contributed by atoms with Crippen LogP contribution >= 0.6 is 0 Å². The van der Waals surface area contributed by atoms with Crippen molar-refractivity contribution in [1.82, 2.24) is 9.80 Å². The van der Waals surface area contributed by atoms with Crippen LogP contribution in [0.3, 0.4) is 0 Å². The number of nitrogens with one attached hydrogen (secondary N) is 1. The van der Waals surface area contributed by atoms with E-state index in [1.54, 1.807) is 11.8 Å². The van der Waals surface area contributed by atoms with Crippen LogP contribution in [0.2, 0.25) is 0 Å². The number of benzene rings is 1. The molecule has 1 aromatic rings. The third-order valence-corrected chi connectivity index (χ3v) is 5.08. The Hall–Kier alpha value is -2.36. The number of carbonyl (C=O) groups excluding carboxylic acids is 2. The summed E-state index contributed by atoms with van der Waals surface area (Å²) >= 11 is 0. The molecule has 1 heterocycles. The van der Waals surface area contributed by atoms with Gasteiger partial charge in [0.05, 0.1) is 18.8 Å². The molecular formula is C16H22FN3O5S. The minimum absolute atomic E-state index is 0.0472. The van der Waals surface area contributed by atoms with Gasteiger partial charge in [-0.25, -0.2) is 17.6 Å². The monoisotopic (exact) mass is 387 g/mol. The van der Waals surface area contributed by atoms with Gasteiger partial charge in [-0.3, -0.25) is 4.79 Å². The van der Waals surface area contributed by atoms with E-state index in [1.807, 2.05) is 0 Å². The maximum Gasteiger partial charge on any atom is 0.409 e. The molecule has 2 rings (SSSR count). The van der Waals surface area contributed by atoms with Crippen LogP contribution in [-0.2, 0) is 19.4 Å². The average Bonchev–Trinajstić information content (AvgIpc) is 2.59. The highest BCUT2D eigenvalue weighted by molar-refractivity contribution is 7.90. The fourth-order valence-electron chi connectivity index (χ4n) is 2.66. The summed E-state index contributed by atoms with van der Waals surface area (Å²) in [4.78, 5) is 26.6. The molecule has 10 heteroatoms. The molecule has 0 aliphatic carbocycles. The van der Waals surface area contributed by atoms with Crippen LogP contribution in [0.5, 0.6) is 0 Å². The molecule has 144 valence electrons. The van der Waals surface area contributed by atoms with Gasteiger partial charge in [0.25, 0.3) is 0 Å². The van der Waals surface area contributed by atoms with Gasteiger partial charge in [-0.2, -0.15) is 0 Å². The van der Waals surface area contributed by atoms with Gasteiger partial charge in [0, 0.05) is 32.4 Å². The lowest BCUT2D eigenvalue weighted by atomic mass is 10.3. The highest BCUT2D eigenvalue weighted by atomic mass is 32.2. The largest absolute Gasteiger partial charge is 0.450 e. The molecule has 0 unspecified atom stereocenters. The summed E-state index contributed by atoms with van der Waals surface area (Å²) in [7, 11) is -3.78. The molecule has 0 aromatic heterocycles. The van der Waals surface area contributed by atoms with Crippen LogP contribution in [0.15, 0.2) is 23.1 Å². The molecule has 0 atom stereocenters. The predicted octanol–water partition coefficient (Wildman–Crippen LogP) is 0.942.